The van der Waals surface area contributed by atoms with Crippen LogP contribution in [0.25, 0.3) is 10.9 Å². The lowest BCUT2D eigenvalue weighted by Crippen LogP contribution is -2.20. The molecular formula is C25H16ClNO6. The minimum absolute atomic E-state index is 0.0502. The standard InChI is InChI=1S/C25H16ClNO6/c26-16-4-1-14(2-5-16)10-27-11-18(24(28)15-3-6-20-21(7-15)31-12-30-20)25(29)17-8-22-23(9-19(17)27)33-13-32-22/h1-9,11H,10,12-13H2. The van der Waals surface area contributed by atoms with Crippen LogP contribution in [-0.2, 0) is 6.54 Å². The largest absolute Gasteiger partial charge is 0.454 e. The number of pyridine rings is 1. The van der Waals surface area contributed by atoms with E-state index in [1.165, 1.54) is 0 Å². The fourth-order valence-corrected chi connectivity index (χ4v) is 4.18. The van der Waals surface area contributed by atoms with Crippen molar-refractivity contribution in [1.29, 1.82) is 0 Å². The van der Waals surface area contributed by atoms with E-state index >= 15 is 0 Å². The average Bonchev–Trinajstić information content (AvgIpc) is 3.49. The first-order valence-corrected chi connectivity index (χ1v) is 10.6. The Hall–Kier alpha value is -3.97. The van der Waals surface area contributed by atoms with Gasteiger partial charge in [-0.1, -0.05) is 23.7 Å². The van der Waals surface area contributed by atoms with Crippen LogP contribution < -0.4 is 24.4 Å². The zero-order valence-electron chi connectivity index (χ0n) is 17.2. The van der Waals surface area contributed by atoms with E-state index in [0.717, 1.165) is 5.56 Å². The van der Waals surface area contributed by atoms with Crippen molar-refractivity contribution in [2.45, 2.75) is 6.54 Å². The summed E-state index contributed by atoms with van der Waals surface area (Å²) in [5, 5.41) is 1.00. The fraction of sp³-hybridized carbons (Fsp3) is 0.120. The van der Waals surface area contributed by atoms with Crippen molar-refractivity contribution < 1.29 is 23.7 Å². The van der Waals surface area contributed by atoms with Gasteiger partial charge < -0.3 is 23.5 Å². The van der Waals surface area contributed by atoms with Gasteiger partial charge in [0.25, 0.3) is 0 Å². The van der Waals surface area contributed by atoms with E-state index in [-0.39, 0.29) is 24.6 Å². The van der Waals surface area contributed by atoms with E-state index in [0.29, 0.717) is 51.0 Å². The molecule has 0 fully saturated rings. The molecule has 2 aliphatic rings. The average molecular weight is 462 g/mol. The zero-order chi connectivity index (χ0) is 22.5. The molecule has 0 aliphatic carbocycles. The van der Waals surface area contributed by atoms with Crippen LogP contribution in [0.2, 0.25) is 5.02 Å². The van der Waals surface area contributed by atoms with Crippen LogP contribution in [0, 0.1) is 0 Å². The molecule has 33 heavy (non-hydrogen) atoms. The van der Waals surface area contributed by atoms with Crippen molar-refractivity contribution >= 4 is 28.3 Å². The third kappa shape index (κ3) is 3.37. The van der Waals surface area contributed by atoms with Crippen molar-refractivity contribution in [1.82, 2.24) is 4.57 Å². The summed E-state index contributed by atoms with van der Waals surface area (Å²) >= 11 is 6.03. The van der Waals surface area contributed by atoms with Crippen LogP contribution in [0.3, 0.4) is 0 Å². The van der Waals surface area contributed by atoms with E-state index in [2.05, 4.69) is 0 Å². The quantitative estimate of drug-likeness (QED) is 0.419. The first kappa shape index (κ1) is 19.7. The number of ketones is 1. The van der Waals surface area contributed by atoms with Crippen molar-refractivity contribution in [2.75, 3.05) is 13.6 Å². The molecule has 0 N–H and O–H groups in total. The summed E-state index contributed by atoms with van der Waals surface area (Å²) in [4.78, 5) is 26.8. The number of rotatable bonds is 4. The lowest BCUT2D eigenvalue weighted by molar-refractivity contribution is 0.103. The predicted molar refractivity (Wildman–Crippen MR) is 121 cm³/mol. The Balaban J connectivity index is 1.52. The van der Waals surface area contributed by atoms with Crippen LogP contribution in [-0.4, -0.2) is 23.9 Å². The number of ether oxygens (including phenoxy) is 4. The Bertz CT molecular complexity index is 1490. The third-order valence-corrected chi connectivity index (χ3v) is 5.97. The smallest absolute Gasteiger partial charge is 0.231 e. The van der Waals surface area contributed by atoms with Gasteiger partial charge in [0.1, 0.15) is 0 Å². The number of fused-ring (bicyclic) bond motifs is 3. The predicted octanol–water partition coefficient (Wildman–Crippen LogP) is 4.39. The third-order valence-electron chi connectivity index (χ3n) is 5.72. The molecule has 0 unspecified atom stereocenters. The molecule has 0 saturated carbocycles. The van der Waals surface area contributed by atoms with E-state index in [1.54, 1.807) is 48.7 Å². The van der Waals surface area contributed by atoms with Gasteiger partial charge in [-0.25, -0.2) is 0 Å². The van der Waals surface area contributed by atoms with E-state index < -0.39 is 5.78 Å². The number of halogens is 1. The minimum atomic E-state index is -0.400. The summed E-state index contributed by atoms with van der Waals surface area (Å²) in [5.41, 5.74) is 1.62. The summed E-state index contributed by atoms with van der Waals surface area (Å²) in [6.07, 6.45) is 1.59. The molecule has 2 aliphatic heterocycles. The Morgan fingerprint density at radius 1 is 0.848 bits per heavy atom. The molecule has 1 aromatic heterocycles. The van der Waals surface area contributed by atoms with Crippen molar-refractivity contribution in [2.24, 2.45) is 0 Å². The summed E-state index contributed by atoms with van der Waals surface area (Å²) in [7, 11) is 0. The topological polar surface area (TPSA) is 76.0 Å². The van der Waals surface area contributed by atoms with Crippen molar-refractivity contribution in [3.63, 3.8) is 0 Å². The van der Waals surface area contributed by atoms with Gasteiger partial charge in [-0.05, 0) is 42.0 Å². The number of aromatic nitrogens is 1. The molecule has 0 amide bonds. The second-order valence-corrected chi connectivity index (χ2v) is 8.18. The highest BCUT2D eigenvalue weighted by Gasteiger charge is 2.23. The molecule has 7 nitrogen and oxygen atoms in total. The van der Waals surface area contributed by atoms with Crippen LogP contribution in [0.4, 0.5) is 0 Å². The second kappa shape index (κ2) is 7.56. The van der Waals surface area contributed by atoms with E-state index in [1.807, 2.05) is 16.7 Å². The Morgan fingerprint density at radius 3 is 2.27 bits per heavy atom. The Morgan fingerprint density at radius 2 is 1.52 bits per heavy atom. The molecule has 0 radical (unpaired) electrons. The Kier molecular flexibility index (Phi) is 4.52. The van der Waals surface area contributed by atoms with Gasteiger partial charge in [-0.3, -0.25) is 9.59 Å². The van der Waals surface area contributed by atoms with Crippen LogP contribution >= 0.6 is 11.6 Å². The molecule has 0 spiro atoms. The number of hydrogen-bond acceptors (Lipinski definition) is 6. The summed E-state index contributed by atoms with van der Waals surface area (Å²) in [6, 6.07) is 15.7. The maximum Gasteiger partial charge on any atom is 0.231 e. The number of carbonyl (C=O) groups is 1. The molecule has 0 saturated heterocycles. The van der Waals surface area contributed by atoms with Gasteiger partial charge in [0.2, 0.25) is 19.0 Å². The molecule has 0 bridgehead atoms. The van der Waals surface area contributed by atoms with Gasteiger partial charge >= 0.3 is 0 Å². The molecule has 3 heterocycles. The highest BCUT2D eigenvalue weighted by Crippen LogP contribution is 2.36. The van der Waals surface area contributed by atoms with Crippen molar-refractivity contribution in [3.8, 4) is 23.0 Å². The number of benzene rings is 3. The molecule has 164 valence electrons. The SMILES string of the molecule is O=C(c1ccc2c(c1)OCO2)c1cn(Cc2ccc(Cl)cc2)c2cc3c(cc2c1=O)OCO3. The van der Waals surface area contributed by atoms with Gasteiger partial charge in [-0.2, -0.15) is 0 Å². The zero-order valence-corrected chi connectivity index (χ0v) is 17.9. The fourth-order valence-electron chi connectivity index (χ4n) is 4.05. The second-order valence-electron chi connectivity index (χ2n) is 7.75. The number of carbonyl (C=O) groups excluding carboxylic acids is 1. The molecule has 0 atom stereocenters. The summed E-state index contributed by atoms with van der Waals surface area (Å²) in [6.45, 7) is 0.610. The van der Waals surface area contributed by atoms with Crippen LogP contribution in [0.15, 0.2) is 65.6 Å². The van der Waals surface area contributed by atoms with Crippen LogP contribution in [0.1, 0.15) is 21.5 Å². The Labute approximate surface area is 192 Å². The van der Waals surface area contributed by atoms with E-state index in [4.69, 9.17) is 30.5 Å². The first-order valence-electron chi connectivity index (χ1n) is 10.2. The molecule has 4 aromatic rings. The summed E-state index contributed by atoms with van der Waals surface area (Å²) < 4.78 is 23.6. The van der Waals surface area contributed by atoms with Gasteiger partial charge in [-0.15, -0.1) is 0 Å². The molecular weight excluding hydrogens is 446 g/mol. The number of nitrogens with zero attached hydrogens (tertiary/aromatic N) is 1. The molecule has 3 aromatic carbocycles. The van der Waals surface area contributed by atoms with Crippen molar-refractivity contribution in [3.05, 3.63) is 92.7 Å². The lowest BCUT2D eigenvalue weighted by Gasteiger charge is -2.14. The van der Waals surface area contributed by atoms with Gasteiger partial charge in [0, 0.05) is 29.4 Å². The minimum Gasteiger partial charge on any atom is -0.454 e. The highest BCUT2D eigenvalue weighted by molar-refractivity contribution is 6.30. The highest BCUT2D eigenvalue weighted by atomic mass is 35.5. The lowest BCUT2D eigenvalue weighted by atomic mass is 10.0. The first-order chi connectivity index (χ1) is 16.1. The normalized spacial score (nSPS) is 13.5. The molecule has 8 heteroatoms. The molecule has 6 rings (SSSR count). The maximum absolute atomic E-state index is 13.4. The van der Waals surface area contributed by atoms with Gasteiger partial charge in [0.05, 0.1) is 16.5 Å². The van der Waals surface area contributed by atoms with E-state index in [9.17, 15) is 9.59 Å². The van der Waals surface area contributed by atoms with Gasteiger partial charge in [0.15, 0.2) is 28.8 Å². The summed E-state index contributed by atoms with van der Waals surface area (Å²) in [5.74, 6) is 1.68. The number of hydrogen-bond donors (Lipinski definition) is 0. The van der Waals surface area contributed by atoms with Crippen LogP contribution in [0.5, 0.6) is 23.0 Å². The maximum atomic E-state index is 13.4. The monoisotopic (exact) mass is 461 g/mol.